The Bertz CT molecular complexity index is 901. The number of nitrogens with two attached hydrogens (primary N) is 3. The Morgan fingerprint density at radius 2 is 1.86 bits per heavy atom. The van der Waals surface area contributed by atoms with Gasteiger partial charge >= 0.3 is 0 Å². The van der Waals surface area contributed by atoms with E-state index in [1.54, 1.807) is 12.1 Å². The van der Waals surface area contributed by atoms with Crippen molar-refractivity contribution in [2.24, 2.45) is 11.5 Å². The molecule has 0 radical (unpaired) electrons. The van der Waals surface area contributed by atoms with E-state index in [2.05, 4.69) is 5.32 Å². The first-order valence-corrected chi connectivity index (χ1v) is 7.98. The number of nitrogens with one attached hydrogen (secondary N) is 2. The van der Waals surface area contributed by atoms with Crippen molar-refractivity contribution in [1.82, 2.24) is 5.32 Å². The van der Waals surface area contributed by atoms with Crippen molar-refractivity contribution >= 4 is 47.3 Å². The summed E-state index contributed by atoms with van der Waals surface area (Å²) in [4.78, 5) is 23.2. The molecule has 8 N–H and O–H groups in total. The summed E-state index contributed by atoms with van der Waals surface area (Å²) in [6.45, 7) is -0.369. The highest BCUT2D eigenvalue weighted by molar-refractivity contribution is 6.31. The van der Waals surface area contributed by atoms with Gasteiger partial charge in [0.25, 0.3) is 11.8 Å². The molecule has 0 heterocycles. The predicted octanol–water partition coefficient (Wildman–Crippen LogP) is 1.56. The molecular weight excluding hydrogens is 412 g/mol. The third-order valence-corrected chi connectivity index (χ3v) is 3.78. The van der Waals surface area contributed by atoms with Gasteiger partial charge in [0.2, 0.25) is 0 Å². The summed E-state index contributed by atoms with van der Waals surface area (Å²) < 4.78 is 18.8. The van der Waals surface area contributed by atoms with Crippen LogP contribution in [0.5, 0.6) is 5.75 Å². The van der Waals surface area contributed by atoms with Gasteiger partial charge in [0, 0.05) is 23.2 Å². The van der Waals surface area contributed by atoms with E-state index in [0.29, 0.717) is 11.1 Å². The summed E-state index contributed by atoms with van der Waals surface area (Å²) in [5.41, 5.74) is 16.7. The molecule has 0 saturated carbocycles. The van der Waals surface area contributed by atoms with Crippen LogP contribution >= 0.6 is 24.0 Å². The monoisotopic (exact) mass is 429 g/mol. The van der Waals surface area contributed by atoms with Crippen LogP contribution in [0.25, 0.3) is 0 Å². The number of halogens is 3. The highest BCUT2D eigenvalue weighted by Gasteiger charge is 2.14. The number of benzene rings is 2. The molecule has 0 aliphatic heterocycles. The zero-order valence-electron chi connectivity index (χ0n) is 14.4. The second-order valence-electron chi connectivity index (χ2n) is 5.54. The highest BCUT2D eigenvalue weighted by Crippen LogP contribution is 2.23. The third kappa shape index (κ3) is 5.73. The molecule has 2 amide bonds. The van der Waals surface area contributed by atoms with Gasteiger partial charge in [-0.1, -0.05) is 23.7 Å². The minimum Gasteiger partial charge on any atom is -0.483 e. The Morgan fingerprint density at radius 3 is 2.43 bits per heavy atom. The third-order valence-electron chi connectivity index (χ3n) is 3.51. The Balaban J connectivity index is 0.00000392. The van der Waals surface area contributed by atoms with Crippen molar-refractivity contribution in [2.75, 3.05) is 12.3 Å². The molecule has 150 valence electrons. The van der Waals surface area contributed by atoms with Crippen LogP contribution in [0.1, 0.15) is 21.5 Å². The molecule has 11 heteroatoms. The minimum absolute atomic E-state index is 0. The van der Waals surface area contributed by atoms with Gasteiger partial charge in [-0.2, -0.15) is 0 Å². The molecule has 0 aliphatic carbocycles. The van der Waals surface area contributed by atoms with Gasteiger partial charge in [-0.25, -0.2) is 4.39 Å². The van der Waals surface area contributed by atoms with Crippen LogP contribution in [-0.2, 0) is 11.3 Å². The Hall–Kier alpha value is -3.04. The predicted molar refractivity (Wildman–Crippen MR) is 106 cm³/mol. The first-order chi connectivity index (χ1) is 12.7. The van der Waals surface area contributed by atoms with Crippen molar-refractivity contribution < 1.29 is 18.7 Å². The SMILES string of the molecule is Cl.N=C(N)c1ccc(CNC(=O)c2cc(N)c(F)c(Cl)c2)c(OCC(N)=O)c1. The molecule has 0 unspecified atom stereocenters. The maximum absolute atomic E-state index is 13.5. The Kier molecular flexibility index (Phi) is 8.02. The van der Waals surface area contributed by atoms with Crippen LogP contribution in [0.4, 0.5) is 10.1 Å². The van der Waals surface area contributed by atoms with Gasteiger partial charge in [-0.05, 0) is 18.2 Å². The number of hydrogen-bond donors (Lipinski definition) is 5. The molecule has 2 aromatic carbocycles. The molecule has 28 heavy (non-hydrogen) atoms. The number of nitrogen functional groups attached to an aromatic ring is 2. The first-order valence-electron chi connectivity index (χ1n) is 7.60. The topological polar surface area (TPSA) is 157 Å². The van der Waals surface area contributed by atoms with Crippen molar-refractivity contribution in [3.63, 3.8) is 0 Å². The summed E-state index contributed by atoms with van der Waals surface area (Å²) in [6.07, 6.45) is 0. The van der Waals surface area contributed by atoms with Crippen LogP contribution in [0.3, 0.4) is 0 Å². The van der Waals surface area contributed by atoms with E-state index >= 15 is 0 Å². The fourth-order valence-electron chi connectivity index (χ4n) is 2.17. The van der Waals surface area contributed by atoms with Gasteiger partial charge in [-0.3, -0.25) is 15.0 Å². The standard InChI is InChI=1S/C17H17ClFN5O3.ClH/c18-11-3-10(4-12(20)15(11)19)17(26)24-6-9-2-1-8(16(22)23)5-13(9)27-7-14(21)25;/h1-5H,6-7,20H2,(H2,21,25)(H3,22,23)(H,24,26);1H. The van der Waals surface area contributed by atoms with Crippen molar-refractivity contribution in [2.45, 2.75) is 6.54 Å². The lowest BCUT2D eigenvalue weighted by Gasteiger charge is -2.13. The summed E-state index contributed by atoms with van der Waals surface area (Å²) >= 11 is 5.69. The molecule has 0 bridgehead atoms. The average molecular weight is 430 g/mol. The quantitative estimate of drug-likeness (QED) is 0.256. The summed E-state index contributed by atoms with van der Waals surface area (Å²) in [5.74, 6) is -1.98. The lowest BCUT2D eigenvalue weighted by molar-refractivity contribution is -0.119. The summed E-state index contributed by atoms with van der Waals surface area (Å²) in [5, 5.41) is 9.81. The van der Waals surface area contributed by atoms with E-state index in [9.17, 15) is 14.0 Å². The van der Waals surface area contributed by atoms with E-state index in [1.165, 1.54) is 12.1 Å². The fraction of sp³-hybridized carbons (Fsp3) is 0.118. The molecular formula is C17H18Cl2FN5O3. The van der Waals surface area contributed by atoms with Crippen molar-refractivity contribution in [1.29, 1.82) is 5.41 Å². The van der Waals surface area contributed by atoms with E-state index in [4.69, 9.17) is 38.9 Å². The van der Waals surface area contributed by atoms with Crippen LogP contribution in [0.2, 0.25) is 5.02 Å². The van der Waals surface area contributed by atoms with E-state index in [-0.39, 0.29) is 53.4 Å². The Labute approximate surface area is 171 Å². The summed E-state index contributed by atoms with van der Waals surface area (Å²) in [6, 6.07) is 6.93. The molecule has 0 fully saturated rings. The molecule has 2 rings (SSSR count). The van der Waals surface area contributed by atoms with Gasteiger partial charge < -0.3 is 27.3 Å². The number of carbonyl (C=O) groups is 2. The van der Waals surface area contributed by atoms with E-state index < -0.39 is 17.6 Å². The normalized spacial score (nSPS) is 9.93. The van der Waals surface area contributed by atoms with Crippen LogP contribution < -0.4 is 27.3 Å². The van der Waals surface area contributed by atoms with Crippen LogP contribution in [0.15, 0.2) is 30.3 Å². The van der Waals surface area contributed by atoms with Gasteiger partial charge in [0.1, 0.15) is 11.6 Å². The molecule has 0 saturated heterocycles. The second kappa shape index (κ2) is 9.77. The van der Waals surface area contributed by atoms with Crippen LogP contribution in [0, 0.1) is 11.2 Å². The van der Waals surface area contributed by atoms with Crippen molar-refractivity contribution in [3.8, 4) is 5.75 Å². The largest absolute Gasteiger partial charge is 0.483 e. The second-order valence-corrected chi connectivity index (χ2v) is 5.94. The highest BCUT2D eigenvalue weighted by atomic mass is 35.5. The number of hydrogen-bond acceptors (Lipinski definition) is 5. The van der Waals surface area contributed by atoms with Gasteiger partial charge in [0.15, 0.2) is 12.4 Å². The molecule has 2 aromatic rings. The lowest BCUT2D eigenvalue weighted by Crippen LogP contribution is -2.25. The number of ether oxygens (including phenoxy) is 1. The molecule has 0 aliphatic rings. The maximum atomic E-state index is 13.5. The molecule has 8 nitrogen and oxygen atoms in total. The number of amides is 2. The zero-order chi connectivity index (χ0) is 20.1. The average Bonchev–Trinajstić information content (AvgIpc) is 2.62. The number of rotatable bonds is 7. The molecule has 0 aromatic heterocycles. The minimum atomic E-state index is -0.796. The van der Waals surface area contributed by atoms with E-state index in [0.717, 1.165) is 6.07 Å². The number of amidine groups is 1. The van der Waals surface area contributed by atoms with Gasteiger partial charge in [0.05, 0.1) is 10.7 Å². The number of anilines is 1. The maximum Gasteiger partial charge on any atom is 0.255 e. The van der Waals surface area contributed by atoms with E-state index in [1.807, 2.05) is 0 Å². The zero-order valence-corrected chi connectivity index (χ0v) is 16.0. The number of carbonyl (C=O) groups excluding carboxylic acids is 2. The van der Waals surface area contributed by atoms with Crippen LogP contribution in [-0.4, -0.2) is 24.3 Å². The lowest BCUT2D eigenvalue weighted by atomic mass is 10.1. The molecule has 0 atom stereocenters. The summed E-state index contributed by atoms with van der Waals surface area (Å²) in [7, 11) is 0. The molecule has 0 spiro atoms. The Morgan fingerprint density at radius 1 is 1.18 bits per heavy atom. The number of primary amides is 1. The van der Waals surface area contributed by atoms with Crippen molar-refractivity contribution in [3.05, 3.63) is 57.9 Å². The smallest absolute Gasteiger partial charge is 0.255 e. The first kappa shape index (κ1) is 23.0. The van der Waals surface area contributed by atoms with Gasteiger partial charge in [-0.15, -0.1) is 12.4 Å². The fourth-order valence-corrected chi connectivity index (χ4v) is 2.40.